The Morgan fingerprint density at radius 3 is 2.75 bits per heavy atom. The molecule has 1 fully saturated rings. The maximum Gasteiger partial charge on any atom is 0.319 e. The van der Waals surface area contributed by atoms with Gasteiger partial charge in [-0.05, 0) is 29.8 Å². The molecule has 1 unspecified atom stereocenters. The third kappa shape index (κ3) is 4.16. The molecular formula is C20H20FN3O4. The fourth-order valence-corrected chi connectivity index (χ4v) is 3.34. The molecule has 0 aromatic heterocycles. The number of benzene rings is 2. The molecule has 1 atom stereocenters. The van der Waals surface area contributed by atoms with Gasteiger partial charge in [0.2, 0.25) is 12.7 Å². The molecule has 146 valence electrons. The Morgan fingerprint density at radius 2 is 1.93 bits per heavy atom. The fourth-order valence-electron chi connectivity index (χ4n) is 3.34. The first-order valence-electron chi connectivity index (χ1n) is 9.03. The van der Waals surface area contributed by atoms with Crippen LogP contribution in [0.1, 0.15) is 12.0 Å². The first kappa shape index (κ1) is 18.1. The summed E-state index contributed by atoms with van der Waals surface area (Å²) in [6.07, 6.45) is 0.380. The van der Waals surface area contributed by atoms with E-state index in [1.165, 1.54) is 12.1 Å². The number of nitrogens with one attached hydrogen (secondary N) is 2. The molecule has 2 aromatic rings. The average Bonchev–Trinajstić information content (AvgIpc) is 3.28. The van der Waals surface area contributed by atoms with Crippen LogP contribution in [0.3, 0.4) is 0 Å². The van der Waals surface area contributed by atoms with Crippen LogP contribution in [-0.2, 0) is 11.3 Å². The van der Waals surface area contributed by atoms with Gasteiger partial charge in [-0.25, -0.2) is 9.18 Å². The van der Waals surface area contributed by atoms with E-state index in [4.69, 9.17) is 9.47 Å². The summed E-state index contributed by atoms with van der Waals surface area (Å²) < 4.78 is 23.5. The topological polar surface area (TPSA) is 79.9 Å². The first-order valence-corrected chi connectivity index (χ1v) is 9.03. The Kier molecular flexibility index (Phi) is 5.01. The fraction of sp³-hybridized carbons (Fsp3) is 0.300. The third-order valence-electron chi connectivity index (χ3n) is 4.76. The predicted octanol–water partition coefficient (Wildman–Crippen LogP) is 2.72. The van der Waals surface area contributed by atoms with E-state index in [0.717, 1.165) is 5.56 Å². The Morgan fingerprint density at radius 1 is 1.14 bits per heavy atom. The Labute approximate surface area is 161 Å². The molecule has 0 bridgehead atoms. The summed E-state index contributed by atoms with van der Waals surface area (Å²) >= 11 is 0. The molecule has 0 aliphatic carbocycles. The van der Waals surface area contributed by atoms with Gasteiger partial charge < -0.3 is 25.0 Å². The summed E-state index contributed by atoms with van der Waals surface area (Å²) in [5.41, 5.74) is 1.48. The number of hydrogen-bond acceptors (Lipinski definition) is 4. The van der Waals surface area contributed by atoms with Crippen molar-refractivity contribution in [2.24, 2.45) is 5.92 Å². The molecule has 0 spiro atoms. The highest BCUT2D eigenvalue weighted by Crippen LogP contribution is 2.34. The van der Waals surface area contributed by atoms with Crippen LogP contribution in [0.25, 0.3) is 0 Å². The number of urea groups is 1. The third-order valence-corrected chi connectivity index (χ3v) is 4.76. The molecule has 2 aliphatic rings. The second-order valence-corrected chi connectivity index (χ2v) is 6.87. The summed E-state index contributed by atoms with van der Waals surface area (Å²) in [7, 11) is 0. The van der Waals surface area contributed by atoms with Gasteiger partial charge in [0.1, 0.15) is 5.82 Å². The summed E-state index contributed by atoms with van der Waals surface area (Å²) in [6.45, 7) is 1.57. The van der Waals surface area contributed by atoms with E-state index in [-0.39, 0.29) is 30.5 Å². The Balaban J connectivity index is 1.25. The smallest absolute Gasteiger partial charge is 0.319 e. The van der Waals surface area contributed by atoms with Gasteiger partial charge in [-0.3, -0.25) is 4.79 Å². The van der Waals surface area contributed by atoms with Crippen molar-refractivity contribution >= 4 is 17.6 Å². The van der Waals surface area contributed by atoms with Crippen molar-refractivity contribution in [3.63, 3.8) is 0 Å². The van der Waals surface area contributed by atoms with Crippen molar-refractivity contribution in [3.05, 3.63) is 53.8 Å². The number of amides is 3. The lowest BCUT2D eigenvalue weighted by Gasteiger charge is -2.17. The Bertz CT molecular complexity index is 888. The lowest BCUT2D eigenvalue weighted by atomic mass is 10.1. The molecule has 3 amide bonds. The molecule has 2 aliphatic heterocycles. The van der Waals surface area contributed by atoms with Crippen LogP contribution in [0.4, 0.5) is 14.9 Å². The van der Waals surface area contributed by atoms with E-state index in [1.54, 1.807) is 35.2 Å². The number of halogens is 1. The summed E-state index contributed by atoms with van der Waals surface area (Å²) in [5, 5.41) is 5.55. The zero-order chi connectivity index (χ0) is 19.5. The standard InChI is InChI=1S/C20H20FN3O4/c21-15-3-1-13(2-4-15)10-24-11-14(7-19(24)25)9-22-20(26)23-16-5-6-17-18(8-16)28-12-27-17/h1-6,8,14H,7,9-12H2,(H2,22,23,26). The SMILES string of the molecule is O=C(NCC1CC(=O)N(Cc2ccc(F)cc2)C1)Nc1ccc2c(c1)OCO2. The van der Waals surface area contributed by atoms with E-state index in [1.807, 2.05) is 0 Å². The van der Waals surface area contributed by atoms with Crippen LogP contribution in [-0.4, -0.2) is 36.7 Å². The minimum Gasteiger partial charge on any atom is -0.454 e. The summed E-state index contributed by atoms with van der Waals surface area (Å²) in [6, 6.07) is 10.9. The van der Waals surface area contributed by atoms with Crippen LogP contribution in [0.5, 0.6) is 11.5 Å². The predicted molar refractivity (Wildman–Crippen MR) is 99.5 cm³/mol. The van der Waals surface area contributed by atoms with Crippen molar-refractivity contribution in [1.82, 2.24) is 10.2 Å². The van der Waals surface area contributed by atoms with Crippen LogP contribution < -0.4 is 20.1 Å². The number of carbonyl (C=O) groups is 2. The van der Waals surface area contributed by atoms with Gasteiger partial charge in [-0.2, -0.15) is 0 Å². The van der Waals surface area contributed by atoms with E-state index in [0.29, 0.717) is 43.2 Å². The van der Waals surface area contributed by atoms with Gasteiger partial charge in [0.05, 0.1) is 0 Å². The second kappa shape index (κ2) is 7.75. The molecule has 2 aromatic carbocycles. The van der Waals surface area contributed by atoms with Crippen molar-refractivity contribution in [2.75, 3.05) is 25.2 Å². The summed E-state index contributed by atoms with van der Waals surface area (Å²) in [5.74, 6) is 1.02. The number of nitrogens with zero attached hydrogens (tertiary/aromatic N) is 1. The lowest BCUT2D eigenvalue weighted by molar-refractivity contribution is -0.128. The zero-order valence-corrected chi connectivity index (χ0v) is 15.1. The van der Waals surface area contributed by atoms with Gasteiger partial charge >= 0.3 is 6.03 Å². The van der Waals surface area contributed by atoms with Gasteiger partial charge in [0.15, 0.2) is 11.5 Å². The van der Waals surface area contributed by atoms with Crippen molar-refractivity contribution in [2.45, 2.75) is 13.0 Å². The molecule has 28 heavy (non-hydrogen) atoms. The summed E-state index contributed by atoms with van der Waals surface area (Å²) in [4.78, 5) is 26.1. The maximum absolute atomic E-state index is 13.0. The molecule has 1 saturated heterocycles. The van der Waals surface area contributed by atoms with E-state index < -0.39 is 0 Å². The van der Waals surface area contributed by atoms with Gasteiger partial charge in [-0.15, -0.1) is 0 Å². The van der Waals surface area contributed by atoms with Crippen LogP contribution >= 0.6 is 0 Å². The van der Waals surface area contributed by atoms with Crippen molar-refractivity contribution in [1.29, 1.82) is 0 Å². The van der Waals surface area contributed by atoms with E-state index >= 15 is 0 Å². The molecular weight excluding hydrogens is 365 g/mol. The molecule has 2 N–H and O–H groups in total. The van der Waals surface area contributed by atoms with Crippen LogP contribution in [0.2, 0.25) is 0 Å². The number of ether oxygens (including phenoxy) is 2. The quantitative estimate of drug-likeness (QED) is 0.830. The minimum atomic E-state index is -0.344. The molecule has 4 rings (SSSR count). The molecule has 8 heteroatoms. The molecule has 2 heterocycles. The van der Waals surface area contributed by atoms with E-state index in [9.17, 15) is 14.0 Å². The van der Waals surface area contributed by atoms with Gasteiger partial charge in [0, 0.05) is 43.7 Å². The van der Waals surface area contributed by atoms with Crippen LogP contribution in [0, 0.1) is 11.7 Å². The minimum absolute atomic E-state index is 0.0345. The number of rotatable bonds is 5. The first-order chi connectivity index (χ1) is 13.6. The zero-order valence-electron chi connectivity index (χ0n) is 15.1. The molecule has 0 saturated carbocycles. The highest BCUT2D eigenvalue weighted by Gasteiger charge is 2.29. The van der Waals surface area contributed by atoms with Gasteiger partial charge in [-0.1, -0.05) is 12.1 Å². The molecule has 0 radical (unpaired) electrons. The van der Waals surface area contributed by atoms with Gasteiger partial charge in [0.25, 0.3) is 0 Å². The van der Waals surface area contributed by atoms with Crippen molar-refractivity contribution in [3.8, 4) is 11.5 Å². The normalized spacial score (nSPS) is 17.7. The Hall–Kier alpha value is -3.29. The van der Waals surface area contributed by atoms with E-state index in [2.05, 4.69) is 10.6 Å². The number of hydrogen-bond donors (Lipinski definition) is 2. The van der Waals surface area contributed by atoms with Crippen molar-refractivity contribution < 1.29 is 23.5 Å². The number of fused-ring (bicyclic) bond motifs is 1. The number of anilines is 1. The lowest BCUT2D eigenvalue weighted by Crippen LogP contribution is -2.34. The number of carbonyl (C=O) groups excluding carboxylic acids is 2. The maximum atomic E-state index is 13.0. The highest BCUT2D eigenvalue weighted by atomic mass is 19.1. The van der Waals surface area contributed by atoms with Crippen LogP contribution in [0.15, 0.2) is 42.5 Å². The number of likely N-dealkylation sites (tertiary alicyclic amines) is 1. The highest BCUT2D eigenvalue weighted by molar-refractivity contribution is 5.89. The second-order valence-electron chi connectivity index (χ2n) is 6.87. The largest absolute Gasteiger partial charge is 0.454 e. The molecule has 7 nitrogen and oxygen atoms in total. The average molecular weight is 385 g/mol. The monoisotopic (exact) mass is 385 g/mol.